The fourth-order valence-corrected chi connectivity index (χ4v) is 1.91. The monoisotopic (exact) mass is 236 g/mol. The van der Waals surface area contributed by atoms with Gasteiger partial charge in [-0.2, -0.15) is 5.10 Å². The third-order valence-corrected chi connectivity index (χ3v) is 2.71. The second kappa shape index (κ2) is 4.06. The normalized spacial score (nSPS) is 10.4. The molecule has 0 aliphatic heterocycles. The van der Waals surface area contributed by atoms with Gasteiger partial charge in [-0.25, -0.2) is 0 Å². The molecule has 0 saturated carbocycles. The van der Waals surface area contributed by atoms with Crippen LogP contribution in [0.5, 0.6) is 0 Å². The highest BCUT2D eigenvalue weighted by Gasteiger charge is 2.08. The van der Waals surface area contributed by atoms with Crippen molar-refractivity contribution >= 4 is 23.1 Å². The van der Waals surface area contributed by atoms with Gasteiger partial charge in [0.2, 0.25) is 0 Å². The zero-order valence-corrected chi connectivity index (χ0v) is 9.92. The van der Waals surface area contributed by atoms with Gasteiger partial charge in [0, 0.05) is 19.7 Å². The van der Waals surface area contributed by atoms with Crippen LogP contribution in [-0.2, 0) is 0 Å². The van der Waals surface area contributed by atoms with Gasteiger partial charge in [-0.05, 0) is 17.7 Å². The van der Waals surface area contributed by atoms with Crippen molar-refractivity contribution in [3.05, 3.63) is 29.4 Å². The topological polar surface area (TPSA) is 57.9 Å². The maximum atomic E-state index is 6.18. The number of benzene rings is 1. The molecule has 4 nitrogen and oxygen atoms in total. The molecule has 84 valence electrons. The van der Waals surface area contributed by atoms with E-state index in [1.54, 1.807) is 6.20 Å². The number of hydrogen-bond donors (Lipinski definition) is 2. The zero-order valence-electron chi connectivity index (χ0n) is 9.16. The van der Waals surface area contributed by atoms with Crippen LogP contribution in [-0.4, -0.2) is 24.3 Å². The molecule has 5 heteroatoms. The molecule has 2 aromatic rings. The smallest absolute Gasteiger partial charge is 0.126 e. The number of rotatable bonds is 2. The summed E-state index contributed by atoms with van der Waals surface area (Å²) in [6.07, 6.45) is 1.69. The molecule has 16 heavy (non-hydrogen) atoms. The van der Waals surface area contributed by atoms with Crippen molar-refractivity contribution in [1.82, 2.24) is 10.2 Å². The molecule has 0 unspecified atom stereocenters. The first-order chi connectivity index (χ1) is 7.59. The van der Waals surface area contributed by atoms with Crippen molar-refractivity contribution in [2.24, 2.45) is 0 Å². The van der Waals surface area contributed by atoms with Crippen molar-refractivity contribution in [2.45, 2.75) is 0 Å². The lowest BCUT2D eigenvalue weighted by atomic mass is 10.1. The zero-order chi connectivity index (χ0) is 11.7. The second-order valence-corrected chi connectivity index (χ2v) is 4.17. The van der Waals surface area contributed by atoms with Gasteiger partial charge in [0.1, 0.15) is 5.82 Å². The Kier molecular flexibility index (Phi) is 2.75. The van der Waals surface area contributed by atoms with Gasteiger partial charge < -0.3 is 10.6 Å². The SMILES string of the molecule is CN(C)c1ccc(-c2cn[nH]c2N)cc1Cl. The summed E-state index contributed by atoms with van der Waals surface area (Å²) in [5, 5.41) is 7.28. The molecule has 1 aromatic carbocycles. The van der Waals surface area contributed by atoms with Crippen LogP contribution in [0, 0.1) is 0 Å². The Hall–Kier alpha value is -1.68. The molecular weight excluding hydrogens is 224 g/mol. The van der Waals surface area contributed by atoms with E-state index in [2.05, 4.69) is 10.2 Å². The molecule has 0 atom stereocenters. The largest absolute Gasteiger partial charge is 0.384 e. The van der Waals surface area contributed by atoms with Crippen LogP contribution in [0.2, 0.25) is 5.02 Å². The van der Waals surface area contributed by atoms with Crippen LogP contribution >= 0.6 is 11.6 Å². The minimum Gasteiger partial charge on any atom is -0.384 e. The summed E-state index contributed by atoms with van der Waals surface area (Å²) < 4.78 is 0. The second-order valence-electron chi connectivity index (χ2n) is 3.76. The lowest BCUT2D eigenvalue weighted by Crippen LogP contribution is -2.08. The molecule has 0 aliphatic rings. The molecule has 0 saturated heterocycles. The fraction of sp³-hybridized carbons (Fsp3) is 0.182. The molecular formula is C11H13ClN4. The van der Waals surface area contributed by atoms with E-state index in [9.17, 15) is 0 Å². The Labute approximate surface area is 99.0 Å². The van der Waals surface area contributed by atoms with Crippen LogP contribution in [0.25, 0.3) is 11.1 Å². The van der Waals surface area contributed by atoms with E-state index in [0.29, 0.717) is 10.8 Å². The van der Waals surface area contributed by atoms with Crippen molar-refractivity contribution in [1.29, 1.82) is 0 Å². The standard InChI is InChI=1S/C11H13ClN4/c1-16(2)10-4-3-7(5-9(10)12)8-6-14-15-11(8)13/h3-6H,1-2H3,(H3,13,14,15). The van der Waals surface area contributed by atoms with Gasteiger partial charge in [0.15, 0.2) is 0 Å². The van der Waals surface area contributed by atoms with Crippen molar-refractivity contribution in [3.63, 3.8) is 0 Å². The molecule has 3 N–H and O–H groups in total. The fourth-order valence-electron chi connectivity index (χ4n) is 1.56. The summed E-state index contributed by atoms with van der Waals surface area (Å²) in [6, 6.07) is 5.82. The van der Waals surface area contributed by atoms with E-state index in [-0.39, 0.29) is 0 Å². The van der Waals surface area contributed by atoms with Crippen molar-refractivity contribution in [2.75, 3.05) is 24.7 Å². The Morgan fingerprint density at radius 2 is 2.12 bits per heavy atom. The van der Waals surface area contributed by atoms with Crippen LogP contribution in [0.3, 0.4) is 0 Å². The van der Waals surface area contributed by atoms with E-state index >= 15 is 0 Å². The number of nitrogens with zero attached hydrogens (tertiary/aromatic N) is 2. The number of halogens is 1. The number of aromatic amines is 1. The lowest BCUT2D eigenvalue weighted by molar-refractivity contribution is 1.10. The number of nitrogens with one attached hydrogen (secondary N) is 1. The highest BCUT2D eigenvalue weighted by atomic mass is 35.5. The number of nitrogen functional groups attached to an aromatic ring is 1. The summed E-state index contributed by atoms with van der Waals surface area (Å²) in [4.78, 5) is 1.96. The first-order valence-corrected chi connectivity index (χ1v) is 5.23. The summed E-state index contributed by atoms with van der Waals surface area (Å²) >= 11 is 6.18. The van der Waals surface area contributed by atoms with Crippen molar-refractivity contribution in [3.8, 4) is 11.1 Å². The average Bonchev–Trinajstić information content (AvgIpc) is 2.63. The number of nitrogens with two attached hydrogens (primary N) is 1. The molecule has 0 aliphatic carbocycles. The summed E-state index contributed by atoms with van der Waals surface area (Å²) in [7, 11) is 3.90. The van der Waals surface area contributed by atoms with Crippen molar-refractivity contribution < 1.29 is 0 Å². The van der Waals surface area contributed by atoms with E-state index in [1.165, 1.54) is 0 Å². The minimum atomic E-state index is 0.550. The van der Waals surface area contributed by atoms with E-state index in [1.807, 2.05) is 37.2 Å². The summed E-state index contributed by atoms with van der Waals surface area (Å²) in [5.41, 5.74) is 8.56. The van der Waals surface area contributed by atoms with Gasteiger partial charge in [-0.3, -0.25) is 5.10 Å². The van der Waals surface area contributed by atoms with E-state index in [4.69, 9.17) is 17.3 Å². The van der Waals surface area contributed by atoms with Crippen LogP contribution in [0.15, 0.2) is 24.4 Å². The molecule has 0 spiro atoms. The Bertz CT molecular complexity index is 504. The molecule has 0 bridgehead atoms. The quantitative estimate of drug-likeness (QED) is 0.842. The highest BCUT2D eigenvalue weighted by Crippen LogP contribution is 2.31. The highest BCUT2D eigenvalue weighted by molar-refractivity contribution is 6.33. The first-order valence-electron chi connectivity index (χ1n) is 4.85. The van der Waals surface area contributed by atoms with Gasteiger partial charge in [0.05, 0.1) is 16.9 Å². The number of anilines is 2. The molecule has 1 heterocycles. The predicted molar refractivity (Wildman–Crippen MR) is 67.8 cm³/mol. The molecule has 0 radical (unpaired) electrons. The van der Waals surface area contributed by atoms with Gasteiger partial charge >= 0.3 is 0 Å². The third kappa shape index (κ3) is 1.84. The minimum absolute atomic E-state index is 0.550. The Balaban J connectivity index is 2.46. The average molecular weight is 237 g/mol. The molecule has 0 fully saturated rings. The number of H-pyrrole nitrogens is 1. The number of aromatic nitrogens is 2. The van der Waals surface area contributed by atoms with Gasteiger partial charge in [-0.1, -0.05) is 17.7 Å². The Morgan fingerprint density at radius 3 is 2.62 bits per heavy atom. The summed E-state index contributed by atoms with van der Waals surface area (Å²) in [6.45, 7) is 0. The Morgan fingerprint density at radius 1 is 1.38 bits per heavy atom. The van der Waals surface area contributed by atoms with E-state index < -0.39 is 0 Å². The maximum Gasteiger partial charge on any atom is 0.126 e. The molecule has 0 amide bonds. The first kappa shape index (κ1) is 10.8. The third-order valence-electron chi connectivity index (χ3n) is 2.41. The lowest BCUT2D eigenvalue weighted by Gasteiger charge is -2.14. The predicted octanol–water partition coefficient (Wildman–Crippen LogP) is 2.38. The number of hydrogen-bond acceptors (Lipinski definition) is 3. The molecule has 1 aromatic heterocycles. The van der Waals surface area contributed by atoms with Gasteiger partial charge in [-0.15, -0.1) is 0 Å². The van der Waals surface area contributed by atoms with Gasteiger partial charge in [0.25, 0.3) is 0 Å². The van der Waals surface area contributed by atoms with E-state index in [0.717, 1.165) is 16.8 Å². The van der Waals surface area contributed by atoms with Crippen LogP contribution in [0.4, 0.5) is 11.5 Å². The molecule has 2 rings (SSSR count). The van der Waals surface area contributed by atoms with Crippen LogP contribution < -0.4 is 10.6 Å². The maximum absolute atomic E-state index is 6.18. The summed E-state index contributed by atoms with van der Waals surface area (Å²) in [5.74, 6) is 0.550. The van der Waals surface area contributed by atoms with Crippen LogP contribution in [0.1, 0.15) is 0 Å².